The molecular weight excluding hydrogens is 279 g/mol. The number of ether oxygens (including phenoxy) is 1. The molecule has 1 fully saturated rings. The molecule has 0 amide bonds. The summed E-state index contributed by atoms with van der Waals surface area (Å²) < 4.78 is 40.4. The van der Waals surface area contributed by atoms with Gasteiger partial charge in [0, 0.05) is 12.1 Å². The molecule has 2 aliphatic rings. The summed E-state index contributed by atoms with van der Waals surface area (Å²) in [4.78, 5) is 2.41. The Morgan fingerprint density at radius 3 is 2.48 bits per heavy atom. The summed E-state index contributed by atoms with van der Waals surface area (Å²) in [6.45, 7) is 0. The van der Waals surface area contributed by atoms with Gasteiger partial charge >= 0.3 is 6.36 Å². The van der Waals surface area contributed by atoms with E-state index in [1.165, 1.54) is 30.5 Å². The Balaban J connectivity index is 1.78. The standard InChI is InChI=1S/C16H18F3NO/c1-20-13-3-2-4-14(20)10-12(9-13)11-5-7-15(8-6-11)21-16(17,18)19/h5-9,13-14H,2-4,10H2,1H3. The molecule has 0 N–H and O–H groups in total. The quantitative estimate of drug-likeness (QED) is 0.810. The maximum absolute atomic E-state index is 12.2. The van der Waals surface area contributed by atoms with Crippen LogP contribution in [-0.4, -0.2) is 30.4 Å². The second-order valence-corrected chi connectivity index (χ2v) is 5.79. The molecule has 114 valence electrons. The molecule has 2 bridgehead atoms. The average molecular weight is 297 g/mol. The first-order chi connectivity index (χ1) is 9.92. The van der Waals surface area contributed by atoms with E-state index in [1.807, 2.05) is 0 Å². The minimum absolute atomic E-state index is 0.167. The van der Waals surface area contributed by atoms with Crippen molar-refractivity contribution in [2.24, 2.45) is 0 Å². The molecular formula is C16H18F3NO. The van der Waals surface area contributed by atoms with Crippen LogP contribution in [0.15, 0.2) is 30.3 Å². The van der Waals surface area contributed by atoms with Crippen molar-refractivity contribution < 1.29 is 17.9 Å². The predicted octanol–water partition coefficient (Wildman–Crippen LogP) is 4.23. The number of hydrogen-bond acceptors (Lipinski definition) is 2. The van der Waals surface area contributed by atoms with Crippen molar-refractivity contribution in [1.29, 1.82) is 0 Å². The van der Waals surface area contributed by atoms with E-state index in [-0.39, 0.29) is 5.75 Å². The highest BCUT2D eigenvalue weighted by Gasteiger charge is 2.32. The molecule has 5 heteroatoms. The van der Waals surface area contributed by atoms with Crippen LogP contribution in [0.5, 0.6) is 5.75 Å². The van der Waals surface area contributed by atoms with Crippen molar-refractivity contribution in [1.82, 2.24) is 4.90 Å². The molecule has 0 radical (unpaired) electrons. The fourth-order valence-corrected chi connectivity index (χ4v) is 3.33. The largest absolute Gasteiger partial charge is 0.573 e. The highest BCUT2D eigenvalue weighted by molar-refractivity contribution is 5.68. The summed E-state index contributed by atoms with van der Waals surface area (Å²) in [5.74, 6) is -0.167. The monoisotopic (exact) mass is 297 g/mol. The number of halogens is 3. The lowest BCUT2D eigenvalue weighted by Crippen LogP contribution is -2.45. The number of piperidine rings is 1. The van der Waals surface area contributed by atoms with Gasteiger partial charge in [-0.2, -0.15) is 0 Å². The lowest BCUT2D eigenvalue weighted by Gasteiger charge is -2.42. The molecule has 2 nitrogen and oxygen atoms in total. The van der Waals surface area contributed by atoms with Gasteiger partial charge in [0.05, 0.1) is 0 Å². The summed E-state index contributed by atoms with van der Waals surface area (Å²) >= 11 is 0. The number of rotatable bonds is 2. The van der Waals surface area contributed by atoms with Gasteiger partial charge < -0.3 is 4.74 Å². The third kappa shape index (κ3) is 3.23. The second kappa shape index (κ2) is 5.37. The van der Waals surface area contributed by atoms with Crippen LogP contribution in [0, 0.1) is 0 Å². The van der Waals surface area contributed by atoms with Gasteiger partial charge in [-0.15, -0.1) is 13.2 Å². The Kier molecular flexibility index (Phi) is 3.69. The maximum Gasteiger partial charge on any atom is 0.573 e. The third-order valence-electron chi connectivity index (χ3n) is 4.44. The Bertz CT molecular complexity index is 535. The molecule has 2 atom stereocenters. The lowest BCUT2D eigenvalue weighted by molar-refractivity contribution is -0.274. The van der Waals surface area contributed by atoms with Crippen molar-refractivity contribution in [3.05, 3.63) is 35.9 Å². The smallest absolute Gasteiger partial charge is 0.406 e. The van der Waals surface area contributed by atoms with E-state index in [0.29, 0.717) is 12.1 Å². The van der Waals surface area contributed by atoms with Gasteiger partial charge in [-0.05, 0) is 49.6 Å². The molecule has 1 aromatic carbocycles. The van der Waals surface area contributed by atoms with E-state index >= 15 is 0 Å². The normalized spacial score (nSPS) is 26.4. The van der Waals surface area contributed by atoms with Crippen LogP contribution in [0.2, 0.25) is 0 Å². The van der Waals surface area contributed by atoms with Crippen molar-refractivity contribution in [2.75, 3.05) is 7.05 Å². The summed E-state index contributed by atoms with van der Waals surface area (Å²) in [6, 6.07) is 7.21. The maximum atomic E-state index is 12.2. The number of alkyl halides is 3. The van der Waals surface area contributed by atoms with Crippen LogP contribution in [0.3, 0.4) is 0 Å². The molecule has 0 saturated carbocycles. The van der Waals surface area contributed by atoms with Crippen LogP contribution >= 0.6 is 0 Å². The first-order valence-corrected chi connectivity index (χ1v) is 7.21. The van der Waals surface area contributed by atoms with E-state index < -0.39 is 6.36 Å². The van der Waals surface area contributed by atoms with Crippen molar-refractivity contribution in [3.8, 4) is 5.75 Å². The second-order valence-electron chi connectivity index (χ2n) is 5.79. The predicted molar refractivity (Wildman–Crippen MR) is 74.9 cm³/mol. The number of nitrogens with zero attached hydrogens (tertiary/aromatic N) is 1. The summed E-state index contributed by atoms with van der Waals surface area (Å²) in [5, 5.41) is 0. The highest BCUT2D eigenvalue weighted by Crippen LogP contribution is 2.36. The van der Waals surface area contributed by atoms with Gasteiger partial charge in [0.2, 0.25) is 0 Å². The molecule has 0 spiro atoms. The summed E-state index contributed by atoms with van der Waals surface area (Å²) in [6.07, 6.45) is 2.19. The van der Waals surface area contributed by atoms with Crippen LogP contribution in [-0.2, 0) is 0 Å². The van der Waals surface area contributed by atoms with Gasteiger partial charge in [0.1, 0.15) is 5.75 Å². The lowest BCUT2D eigenvalue weighted by atomic mass is 9.83. The molecule has 2 heterocycles. The molecule has 1 aromatic rings. The number of likely N-dealkylation sites (N-methyl/N-ethyl adjacent to an activating group) is 1. The molecule has 0 aliphatic carbocycles. The topological polar surface area (TPSA) is 12.5 Å². The average Bonchev–Trinajstić information content (AvgIpc) is 2.37. The van der Waals surface area contributed by atoms with E-state index in [0.717, 1.165) is 18.4 Å². The summed E-state index contributed by atoms with van der Waals surface area (Å²) in [7, 11) is 2.15. The van der Waals surface area contributed by atoms with E-state index in [9.17, 15) is 13.2 Å². The Hall–Kier alpha value is -1.49. The Morgan fingerprint density at radius 2 is 1.86 bits per heavy atom. The first-order valence-electron chi connectivity index (χ1n) is 7.21. The zero-order valence-electron chi connectivity index (χ0n) is 11.9. The van der Waals surface area contributed by atoms with E-state index in [4.69, 9.17) is 0 Å². The fraction of sp³-hybridized carbons (Fsp3) is 0.500. The van der Waals surface area contributed by atoms with Crippen molar-refractivity contribution in [2.45, 2.75) is 44.1 Å². The molecule has 3 rings (SSSR count). The molecule has 1 saturated heterocycles. The van der Waals surface area contributed by atoms with E-state index in [1.54, 1.807) is 12.1 Å². The molecule has 2 unspecified atom stereocenters. The van der Waals surface area contributed by atoms with Crippen LogP contribution < -0.4 is 4.74 Å². The zero-order valence-corrected chi connectivity index (χ0v) is 11.9. The Labute approximate surface area is 122 Å². The van der Waals surface area contributed by atoms with Gasteiger partial charge in [0.15, 0.2) is 0 Å². The van der Waals surface area contributed by atoms with Crippen molar-refractivity contribution >= 4 is 5.57 Å². The van der Waals surface area contributed by atoms with Crippen LogP contribution in [0.4, 0.5) is 13.2 Å². The van der Waals surface area contributed by atoms with Gasteiger partial charge in [-0.1, -0.05) is 24.6 Å². The minimum Gasteiger partial charge on any atom is -0.406 e. The minimum atomic E-state index is -4.63. The number of hydrogen-bond donors (Lipinski definition) is 0. The zero-order chi connectivity index (χ0) is 15.0. The van der Waals surface area contributed by atoms with Crippen LogP contribution in [0.25, 0.3) is 5.57 Å². The van der Waals surface area contributed by atoms with Crippen LogP contribution in [0.1, 0.15) is 31.2 Å². The third-order valence-corrected chi connectivity index (χ3v) is 4.44. The number of benzene rings is 1. The molecule has 0 aromatic heterocycles. The van der Waals surface area contributed by atoms with Gasteiger partial charge in [-0.3, -0.25) is 4.90 Å². The van der Waals surface area contributed by atoms with Gasteiger partial charge in [-0.25, -0.2) is 0 Å². The molecule has 21 heavy (non-hydrogen) atoms. The fourth-order valence-electron chi connectivity index (χ4n) is 3.33. The Morgan fingerprint density at radius 1 is 1.14 bits per heavy atom. The number of fused-ring (bicyclic) bond motifs is 2. The first kappa shape index (κ1) is 14.4. The molecule has 2 aliphatic heterocycles. The van der Waals surface area contributed by atoms with Gasteiger partial charge in [0.25, 0.3) is 0 Å². The van der Waals surface area contributed by atoms with Crippen molar-refractivity contribution in [3.63, 3.8) is 0 Å². The SMILES string of the molecule is CN1C2C=C(c3ccc(OC(F)(F)F)cc3)CC1CCC2. The highest BCUT2D eigenvalue weighted by atomic mass is 19.4. The summed E-state index contributed by atoms with van der Waals surface area (Å²) in [5.41, 5.74) is 2.23. The van der Waals surface area contributed by atoms with E-state index in [2.05, 4.69) is 22.8 Å².